The van der Waals surface area contributed by atoms with E-state index in [-0.39, 0.29) is 6.42 Å². The lowest BCUT2D eigenvalue weighted by Crippen LogP contribution is -2.15. The van der Waals surface area contributed by atoms with Gasteiger partial charge >= 0.3 is 0 Å². The Kier molecular flexibility index (Phi) is 4.68. The Bertz CT molecular complexity index is 1030. The second-order valence-corrected chi connectivity index (χ2v) is 6.82. The summed E-state index contributed by atoms with van der Waals surface area (Å²) in [5.41, 5.74) is 8.24. The van der Waals surface area contributed by atoms with Crippen molar-refractivity contribution in [1.82, 2.24) is 19.7 Å². The second kappa shape index (κ2) is 7.30. The summed E-state index contributed by atoms with van der Waals surface area (Å²) in [4.78, 5) is 22.8. The van der Waals surface area contributed by atoms with Crippen molar-refractivity contribution >= 4 is 11.7 Å². The number of rotatable bonds is 6. The van der Waals surface area contributed by atoms with E-state index < -0.39 is 5.91 Å². The van der Waals surface area contributed by atoms with Gasteiger partial charge in [0.2, 0.25) is 5.91 Å². The number of nitrogens with two attached hydrogens (primary N) is 1. The van der Waals surface area contributed by atoms with Gasteiger partial charge in [-0.05, 0) is 24.1 Å². The molecule has 0 radical (unpaired) electrons. The highest BCUT2D eigenvalue weighted by Crippen LogP contribution is 2.28. The van der Waals surface area contributed by atoms with Crippen molar-refractivity contribution < 1.29 is 9.53 Å². The molecule has 0 saturated carbocycles. The van der Waals surface area contributed by atoms with Crippen LogP contribution in [-0.2, 0) is 24.2 Å². The first-order chi connectivity index (χ1) is 13.5. The molecule has 28 heavy (non-hydrogen) atoms. The number of nitrogens with zero attached hydrogens (tertiary/aromatic N) is 5. The van der Waals surface area contributed by atoms with Crippen molar-refractivity contribution in [2.24, 2.45) is 5.73 Å². The highest BCUT2D eigenvalue weighted by Gasteiger charge is 2.21. The Morgan fingerprint density at radius 1 is 1.21 bits per heavy atom. The Labute approximate surface area is 163 Å². The Morgan fingerprint density at radius 2 is 2.04 bits per heavy atom. The number of methoxy groups -OCH3 is 1. The van der Waals surface area contributed by atoms with E-state index in [1.54, 1.807) is 11.8 Å². The quantitative estimate of drug-likeness (QED) is 0.696. The third-order valence-corrected chi connectivity index (χ3v) is 4.82. The number of likely N-dealkylation sites (N-methyl/N-ethyl adjacent to an activating group) is 1. The molecule has 0 spiro atoms. The fourth-order valence-corrected chi connectivity index (χ4v) is 3.44. The molecule has 144 valence electrons. The molecule has 0 bridgehead atoms. The maximum absolute atomic E-state index is 11.4. The van der Waals surface area contributed by atoms with Crippen molar-refractivity contribution in [3.05, 3.63) is 53.3 Å². The van der Waals surface area contributed by atoms with Crippen LogP contribution in [0.4, 0.5) is 5.82 Å². The van der Waals surface area contributed by atoms with Gasteiger partial charge in [0.05, 0.1) is 20.1 Å². The molecule has 1 aromatic carbocycles. The van der Waals surface area contributed by atoms with Gasteiger partial charge in [0.15, 0.2) is 11.6 Å². The number of hydrogen-bond acceptors (Lipinski definition) is 6. The van der Waals surface area contributed by atoms with E-state index in [9.17, 15) is 4.79 Å². The fourth-order valence-electron chi connectivity index (χ4n) is 3.44. The van der Waals surface area contributed by atoms with Crippen LogP contribution in [0.3, 0.4) is 0 Å². The molecule has 0 atom stereocenters. The first-order valence-corrected chi connectivity index (χ1v) is 9.10. The van der Waals surface area contributed by atoms with E-state index in [1.165, 1.54) is 5.56 Å². The molecule has 8 heteroatoms. The van der Waals surface area contributed by atoms with Gasteiger partial charge in [-0.3, -0.25) is 4.79 Å². The lowest BCUT2D eigenvalue weighted by atomic mass is 10.2. The number of hydrogen-bond donors (Lipinski definition) is 1. The Morgan fingerprint density at radius 3 is 2.82 bits per heavy atom. The molecule has 1 amide bonds. The Hall–Kier alpha value is -3.42. The number of fused-ring (bicyclic) bond motifs is 1. The van der Waals surface area contributed by atoms with E-state index in [2.05, 4.69) is 21.0 Å². The zero-order chi connectivity index (χ0) is 19.7. The van der Waals surface area contributed by atoms with Gasteiger partial charge in [0.1, 0.15) is 17.3 Å². The van der Waals surface area contributed by atoms with Crippen molar-refractivity contribution in [1.29, 1.82) is 0 Å². The van der Waals surface area contributed by atoms with E-state index in [4.69, 9.17) is 15.5 Å². The lowest BCUT2D eigenvalue weighted by Gasteiger charge is -2.13. The summed E-state index contributed by atoms with van der Waals surface area (Å²) < 4.78 is 7.20. The van der Waals surface area contributed by atoms with E-state index in [0.29, 0.717) is 23.9 Å². The summed E-state index contributed by atoms with van der Waals surface area (Å²) in [6, 6.07) is 11.8. The number of pyridine rings is 1. The van der Waals surface area contributed by atoms with Crippen LogP contribution in [-0.4, -0.2) is 46.4 Å². The van der Waals surface area contributed by atoms with E-state index in [0.717, 1.165) is 30.1 Å². The summed E-state index contributed by atoms with van der Waals surface area (Å²) in [6.45, 7) is 1.40. The number of amides is 1. The maximum Gasteiger partial charge on any atom is 0.225 e. The second-order valence-electron chi connectivity index (χ2n) is 6.82. The lowest BCUT2D eigenvalue weighted by molar-refractivity contribution is -0.117. The summed E-state index contributed by atoms with van der Waals surface area (Å²) in [5.74, 6) is 2.24. The molecule has 8 nitrogen and oxygen atoms in total. The minimum atomic E-state index is -0.470. The highest BCUT2D eigenvalue weighted by atomic mass is 16.5. The third-order valence-electron chi connectivity index (χ3n) is 4.82. The van der Waals surface area contributed by atoms with Crippen LogP contribution in [0, 0.1) is 0 Å². The van der Waals surface area contributed by atoms with Crippen LogP contribution in [0.5, 0.6) is 5.75 Å². The summed E-state index contributed by atoms with van der Waals surface area (Å²) >= 11 is 0. The average Bonchev–Trinajstić information content (AvgIpc) is 3.25. The monoisotopic (exact) mass is 378 g/mol. The van der Waals surface area contributed by atoms with Crippen LogP contribution in [0.25, 0.3) is 11.5 Å². The standard InChI is InChI=1S/C20H22N6O2/c1-25-10-9-13-7-8-15(22-19(13)25)20-23-18(11-17(21)27)24-26(20)12-14-5-3-4-6-16(14)28-2/h3-8H,9-12H2,1-2H3,(H2,21,27). The molecule has 2 aromatic heterocycles. The fraction of sp³-hybridized carbons (Fsp3) is 0.300. The van der Waals surface area contributed by atoms with Crippen molar-refractivity contribution in [3.63, 3.8) is 0 Å². The van der Waals surface area contributed by atoms with Gasteiger partial charge in [-0.2, -0.15) is 5.10 Å². The topological polar surface area (TPSA) is 99.2 Å². The van der Waals surface area contributed by atoms with Crippen LogP contribution >= 0.6 is 0 Å². The van der Waals surface area contributed by atoms with Gasteiger partial charge < -0.3 is 15.4 Å². The van der Waals surface area contributed by atoms with Crippen molar-refractivity contribution in [2.75, 3.05) is 25.6 Å². The number of carbonyl (C=O) groups excluding carboxylic acids is 1. The normalized spacial score (nSPS) is 12.9. The average molecular weight is 378 g/mol. The summed E-state index contributed by atoms with van der Waals surface area (Å²) in [7, 11) is 3.66. The van der Waals surface area contributed by atoms with Gasteiger partial charge in [0.25, 0.3) is 0 Å². The first-order valence-electron chi connectivity index (χ1n) is 9.10. The minimum Gasteiger partial charge on any atom is -0.496 e. The molecule has 1 aliphatic heterocycles. The highest BCUT2D eigenvalue weighted by molar-refractivity contribution is 5.75. The van der Waals surface area contributed by atoms with Gasteiger partial charge in [0, 0.05) is 19.2 Å². The predicted octanol–water partition coefficient (Wildman–Crippen LogP) is 1.42. The van der Waals surface area contributed by atoms with Crippen molar-refractivity contribution in [2.45, 2.75) is 19.4 Å². The molecule has 3 aromatic rings. The SMILES string of the molecule is COc1ccccc1Cn1nc(CC(N)=O)nc1-c1ccc2c(n1)N(C)CC2. The van der Waals surface area contributed by atoms with Crippen LogP contribution < -0.4 is 15.4 Å². The zero-order valence-electron chi connectivity index (χ0n) is 15.9. The first kappa shape index (κ1) is 18.0. The number of carbonyl (C=O) groups is 1. The number of aromatic nitrogens is 4. The number of anilines is 1. The molecule has 0 aliphatic carbocycles. The number of benzene rings is 1. The van der Waals surface area contributed by atoms with Gasteiger partial charge in [-0.25, -0.2) is 14.6 Å². The molecule has 3 heterocycles. The van der Waals surface area contributed by atoms with Gasteiger partial charge in [-0.1, -0.05) is 24.3 Å². The van der Waals surface area contributed by atoms with E-state index >= 15 is 0 Å². The molecule has 0 fully saturated rings. The number of primary amides is 1. The molecule has 0 saturated heterocycles. The van der Waals surface area contributed by atoms with Crippen LogP contribution in [0.1, 0.15) is 17.0 Å². The summed E-state index contributed by atoms with van der Waals surface area (Å²) in [5, 5.41) is 4.51. The summed E-state index contributed by atoms with van der Waals surface area (Å²) in [6.07, 6.45) is 0.969. The largest absolute Gasteiger partial charge is 0.496 e. The maximum atomic E-state index is 11.4. The predicted molar refractivity (Wildman–Crippen MR) is 105 cm³/mol. The van der Waals surface area contributed by atoms with Gasteiger partial charge in [-0.15, -0.1) is 0 Å². The zero-order valence-corrected chi connectivity index (χ0v) is 15.9. The smallest absolute Gasteiger partial charge is 0.225 e. The molecule has 2 N–H and O–H groups in total. The van der Waals surface area contributed by atoms with Crippen LogP contribution in [0.2, 0.25) is 0 Å². The van der Waals surface area contributed by atoms with Crippen molar-refractivity contribution in [3.8, 4) is 17.3 Å². The van der Waals surface area contributed by atoms with E-state index in [1.807, 2.05) is 37.4 Å². The number of ether oxygens (including phenoxy) is 1. The minimum absolute atomic E-state index is 0.0171. The van der Waals surface area contributed by atoms with Crippen LogP contribution in [0.15, 0.2) is 36.4 Å². The molecular formula is C20H22N6O2. The number of para-hydroxylation sites is 1. The molecule has 1 aliphatic rings. The molecule has 0 unspecified atom stereocenters. The Balaban J connectivity index is 1.77. The third kappa shape index (κ3) is 3.40. The molecule has 4 rings (SSSR count). The molecular weight excluding hydrogens is 356 g/mol.